The monoisotopic (exact) mass is 383 g/mol. The minimum atomic E-state index is -0.354. The van der Waals surface area contributed by atoms with Gasteiger partial charge in [-0.25, -0.2) is 0 Å². The van der Waals surface area contributed by atoms with Crippen LogP contribution in [0.25, 0.3) is 0 Å². The molecule has 0 heterocycles. The number of carbonyl (C=O) groups excluding carboxylic acids is 2. The lowest BCUT2D eigenvalue weighted by molar-refractivity contribution is -0.140. The van der Waals surface area contributed by atoms with Gasteiger partial charge in [0.05, 0.1) is 21.3 Å². The predicted octanol–water partition coefficient (Wildman–Crippen LogP) is 1.55. The largest absolute Gasteiger partial charge is 0.493 e. The summed E-state index contributed by atoms with van der Waals surface area (Å²) in [6, 6.07) is 4.85. The van der Waals surface area contributed by atoms with Crippen molar-refractivity contribution < 1.29 is 23.8 Å². The Bertz CT molecular complexity index is 624. The number of thiocarbonyl (C=S) groups is 1. The molecule has 3 N–H and O–H groups in total. The third-order valence-electron chi connectivity index (χ3n) is 3.51. The first-order valence-electron chi connectivity index (χ1n) is 8.14. The molecule has 1 aromatic carbocycles. The van der Waals surface area contributed by atoms with E-state index in [1.165, 1.54) is 21.3 Å². The van der Waals surface area contributed by atoms with Gasteiger partial charge in [0.2, 0.25) is 0 Å². The van der Waals surface area contributed by atoms with Crippen LogP contribution in [0.4, 0.5) is 0 Å². The first-order chi connectivity index (χ1) is 12.5. The minimum Gasteiger partial charge on any atom is -0.493 e. The van der Waals surface area contributed by atoms with Crippen LogP contribution in [0.1, 0.15) is 36.0 Å². The number of hydrazine groups is 1. The summed E-state index contributed by atoms with van der Waals surface area (Å²) in [7, 11) is 4.41. The number of methoxy groups -OCH3 is 3. The lowest BCUT2D eigenvalue weighted by atomic mass is 10.2. The van der Waals surface area contributed by atoms with E-state index in [9.17, 15) is 9.59 Å². The maximum Gasteiger partial charge on any atom is 0.305 e. The molecule has 0 spiro atoms. The molecule has 0 atom stereocenters. The Morgan fingerprint density at radius 2 is 1.73 bits per heavy atom. The van der Waals surface area contributed by atoms with Gasteiger partial charge in [0.25, 0.3) is 5.91 Å². The summed E-state index contributed by atoms with van der Waals surface area (Å²) < 4.78 is 14.9. The molecule has 144 valence electrons. The second-order valence-corrected chi connectivity index (χ2v) is 5.70. The average Bonchev–Trinajstić information content (AvgIpc) is 2.67. The van der Waals surface area contributed by atoms with E-state index in [2.05, 4.69) is 20.9 Å². The van der Waals surface area contributed by atoms with Gasteiger partial charge in [0.1, 0.15) is 0 Å². The summed E-state index contributed by atoms with van der Waals surface area (Å²) >= 11 is 5.09. The van der Waals surface area contributed by atoms with Gasteiger partial charge in [0, 0.05) is 18.5 Å². The molecule has 0 aromatic heterocycles. The van der Waals surface area contributed by atoms with Gasteiger partial charge in [0.15, 0.2) is 16.6 Å². The van der Waals surface area contributed by atoms with E-state index in [4.69, 9.17) is 21.7 Å². The smallest absolute Gasteiger partial charge is 0.305 e. The van der Waals surface area contributed by atoms with Gasteiger partial charge in [-0.05, 0) is 43.3 Å². The van der Waals surface area contributed by atoms with Crippen LogP contribution in [0.2, 0.25) is 0 Å². The molecular formula is C17H25N3O5S. The Kier molecular flexibility index (Phi) is 9.85. The van der Waals surface area contributed by atoms with Crippen molar-refractivity contribution in [3.8, 4) is 11.5 Å². The summed E-state index contributed by atoms with van der Waals surface area (Å²) in [6.07, 6.45) is 2.91. The second kappa shape index (κ2) is 11.9. The molecule has 9 heteroatoms. The van der Waals surface area contributed by atoms with Crippen molar-refractivity contribution in [1.82, 2.24) is 16.2 Å². The van der Waals surface area contributed by atoms with Crippen LogP contribution in [0, 0.1) is 0 Å². The van der Waals surface area contributed by atoms with Gasteiger partial charge < -0.3 is 19.5 Å². The summed E-state index contributed by atoms with van der Waals surface area (Å²) in [5.74, 6) is 0.454. The van der Waals surface area contributed by atoms with Gasteiger partial charge in [-0.3, -0.25) is 20.4 Å². The van der Waals surface area contributed by atoms with Crippen molar-refractivity contribution in [2.24, 2.45) is 0 Å². The zero-order chi connectivity index (χ0) is 19.4. The third-order valence-corrected chi connectivity index (χ3v) is 3.75. The molecule has 0 aliphatic heterocycles. The molecule has 0 bridgehead atoms. The highest BCUT2D eigenvalue weighted by Gasteiger charge is 2.10. The highest BCUT2D eigenvalue weighted by molar-refractivity contribution is 7.80. The average molecular weight is 383 g/mol. The number of hydrogen-bond donors (Lipinski definition) is 3. The number of benzene rings is 1. The lowest BCUT2D eigenvalue weighted by Crippen LogP contribution is -2.46. The first-order valence-corrected chi connectivity index (χ1v) is 8.55. The summed E-state index contributed by atoms with van der Waals surface area (Å²) in [5.41, 5.74) is 5.56. The molecule has 0 saturated carbocycles. The van der Waals surface area contributed by atoms with Crippen LogP contribution in [-0.4, -0.2) is 44.9 Å². The molecule has 0 radical (unpaired) electrons. The van der Waals surface area contributed by atoms with Gasteiger partial charge in [-0.1, -0.05) is 6.42 Å². The molecule has 26 heavy (non-hydrogen) atoms. The number of unbranched alkanes of at least 4 members (excludes halogenated alkanes) is 2. The Labute approximate surface area is 158 Å². The zero-order valence-corrected chi connectivity index (χ0v) is 16.0. The summed E-state index contributed by atoms with van der Waals surface area (Å²) in [5, 5.41) is 3.29. The molecule has 1 amide bonds. The number of rotatable bonds is 9. The fourth-order valence-corrected chi connectivity index (χ4v) is 2.24. The van der Waals surface area contributed by atoms with Crippen molar-refractivity contribution >= 4 is 29.2 Å². The van der Waals surface area contributed by atoms with Gasteiger partial charge >= 0.3 is 5.97 Å². The number of carbonyl (C=O) groups is 2. The van der Waals surface area contributed by atoms with E-state index in [1.807, 2.05) is 0 Å². The van der Waals surface area contributed by atoms with E-state index < -0.39 is 0 Å². The molecule has 0 fully saturated rings. The Morgan fingerprint density at radius 3 is 2.38 bits per heavy atom. The van der Waals surface area contributed by atoms with Crippen molar-refractivity contribution in [1.29, 1.82) is 0 Å². The molecule has 0 unspecified atom stereocenters. The Morgan fingerprint density at radius 1 is 1.00 bits per heavy atom. The number of esters is 1. The number of hydrogen-bond acceptors (Lipinski definition) is 6. The van der Waals surface area contributed by atoms with Gasteiger partial charge in [-0.15, -0.1) is 0 Å². The van der Waals surface area contributed by atoms with E-state index >= 15 is 0 Å². The van der Waals surface area contributed by atoms with E-state index in [0.29, 0.717) is 35.1 Å². The van der Waals surface area contributed by atoms with Crippen LogP contribution in [0.3, 0.4) is 0 Å². The fraction of sp³-hybridized carbons (Fsp3) is 0.471. The number of nitrogens with one attached hydrogen (secondary N) is 3. The maximum atomic E-state index is 12.1. The van der Waals surface area contributed by atoms with Crippen molar-refractivity contribution in [3.63, 3.8) is 0 Å². The molecule has 1 rings (SSSR count). The molecule has 0 aliphatic rings. The van der Waals surface area contributed by atoms with Crippen LogP contribution < -0.4 is 25.6 Å². The Hall–Kier alpha value is -2.55. The van der Waals surface area contributed by atoms with E-state index in [0.717, 1.165) is 19.3 Å². The lowest BCUT2D eigenvalue weighted by Gasteiger charge is -2.13. The topological polar surface area (TPSA) is 97.9 Å². The highest BCUT2D eigenvalue weighted by Crippen LogP contribution is 2.27. The first kappa shape index (κ1) is 21.5. The normalized spacial score (nSPS) is 9.81. The molecule has 0 saturated heterocycles. The highest BCUT2D eigenvalue weighted by atomic mass is 32.1. The van der Waals surface area contributed by atoms with E-state index in [-0.39, 0.29) is 11.9 Å². The second-order valence-electron chi connectivity index (χ2n) is 5.29. The third kappa shape index (κ3) is 7.56. The summed E-state index contributed by atoms with van der Waals surface area (Å²) in [6.45, 7) is 0.638. The maximum absolute atomic E-state index is 12.1. The Balaban J connectivity index is 2.28. The van der Waals surface area contributed by atoms with Crippen molar-refractivity contribution in [2.75, 3.05) is 27.9 Å². The quantitative estimate of drug-likeness (QED) is 0.256. The van der Waals surface area contributed by atoms with Crippen LogP contribution in [0.15, 0.2) is 18.2 Å². The minimum absolute atomic E-state index is 0.201. The molecule has 0 aliphatic carbocycles. The van der Waals surface area contributed by atoms with Gasteiger partial charge in [-0.2, -0.15) is 0 Å². The number of ether oxygens (including phenoxy) is 3. The fourth-order valence-electron chi connectivity index (χ4n) is 2.08. The van der Waals surface area contributed by atoms with Crippen LogP contribution >= 0.6 is 12.2 Å². The standard InChI is InChI=1S/C17H25N3O5S/c1-23-13-9-8-12(11-14(13)24-2)16(22)19-20-17(26)18-10-6-4-5-7-15(21)25-3/h8-9,11H,4-7,10H2,1-3H3,(H,19,22)(H2,18,20,26). The van der Waals surface area contributed by atoms with Crippen LogP contribution in [0.5, 0.6) is 11.5 Å². The van der Waals surface area contributed by atoms with Crippen LogP contribution in [-0.2, 0) is 9.53 Å². The van der Waals surface area contributed by atoms with Crippen molar-refractivity contribution in [3.05, 3.63) is 23.8 Å². The molecule has 8 nitrogen and oxygen atoms in total. The number of amides is 1. The summed E-state index contributed by atoms with van der Waals surface area (Å²) in [4.78, 5) is 23.1. The van der Waals surface area contributed by atoms with E-state index in [1.54, 1.807) is 18.2 Å². The molecular weight excluding hydrogens is 358 g/mol. The predicted molar refractivity (Wildman–Crippen MR) is 101 cm³/mol. The molecule has 1 aromatic rings. The SMILES string of the molecule is COC(=O)CCCCCNC(=S)NNC(=O)c1ccc(OC)c(OC)c1. The zero-order valence-electron chi connectivity index (χ0n) is 15.2. The van der Waals surface area contributed by atoms with Crippen molar-refractivity contribution in [2.45, 2.75) is 25.7 Å².